The molecule has 0 aromatic heterocycles. The molecule has 92 valence electrons. The maximum absolute atomic E-state index is 12.4. The number of halogens is 2. The summed E-state index contributed by atoms with van der Waals surface area (Å²) in [5.41, 5.74) is 0. The van der Waals surface area contributed by atoms with Crippen LogP contribution in [0.2, 0.25) is 0 Å². The van der Waals surface area contributed by atoms with Gasteiger partial charge in [0, 0.05) is 12.2 Å². The predicted octanol–water partition coefficient (Wildman–Crippen LogP) is -0.349. The summed E-state index contributed by atoms with van der Waals surface area (Å²) in [6.45, 7) is -1.91. The third-order valence-electron chi connectivity index (χ3n) is 1.12. The molecule has 0 heterocycles. The topological polar surface area (TPSA) is 118 Å². The first-order chi connectivity index (χ1) is 7.06. The summed E-state index contributed by atoms with van der Waals surface area (Å²) in [6.07, 6.45) is 0.621. The van der Waals surface area contributed by atoms with Crippen molar-refractivity contribution in [2.45, 2.75) is 5.25 Å². The van der Waals surface area contributed by atoms with Crippen LogP contribution in [0.3, 0.4) is 0 Å². The number of aliphatic carboxylic acids is 1. The lowest BCUT2D eigenvalue weighted by molar-refractivity contribution is -0.144. The minimum absolute atomic E-state index is 0.308. The van der Waals surface area contributed by atoms with Gasteiger partial charge in [0.2, 0.25) is 0 Å². The number of carbonyl (C=O) groups excluding carboxylic acids is 1. The third kappa shape index (κ3) is 4.79. The number of rotatable bonds is 5. The van der Waals surface area contributed by atoms with E-state index in [4.69, 9.17) is 9.66 Å². The molecule has 0 fully saturated rings. The average molecular weight is 260 g/mol. The van der Waals surface area contributed by atoms with Crippen LogP contribution in [0, 0.1) is 0 Å². The van der Waals surface area contributed by atoms with E-state index in [9.17, 15) is 26.8 Å². The molecule has 16 heavy (non-hydrogen) atoms. The van der Waals surface area contributed by atoms with Gasteiger partial charge in [-0.3, -0.25) is 4.55 Å². The monoisotopic (exact) mass is 260 g/mol. The minimum atomic E-state index is -5.68. The fourth-order valence-corrected chi connectivity index (χ4v) is 0.625. The summed E-state index contributed by atoms with van der Waals surface area (Å²) < 4.78 is 56.6. The molecule has 0 unspecified atom stereocenters. The minimum Gasteiger partial charge on any atom is -0.478 e. The highest BCUT2D eigenvalue weighted by molar-refractivity contribution is 7.86. The Bertz CT molecular complexity index is 411. The molecule has 0 aliphatic rings. The summed E-state index contributed by atoms with van der Waals surface area (Å²) in [4.78, 5) is 20.4. The highest BCUT2D eigenvalue weighted by Crippen LogP contribution is 2.20. The quantitative estimate of drug-likeness (QED) is 0.394. The maximum atomic E-state index is 12.4. The molecular formula is C6H6F2O7S. The molecule has 0 spiro atoms. The van der Waals surface area contributed by atoms with Crippen molar-refractivity contribution in [3.8, 4) is 0 Å². The number of carboxylic acid groups (broad SMARTS) is 1. The molecule has 10 heteroatoms. The van der Waals surface area contributed by atoms with Crippen LogP contribution in [0.1, 0.15) is 0 Å². The average Bonchev–Trinajstić information content (AvgIpc) is 2.09. The van der Waals surface area contributed by atoms with Crippen molar-refractivity contribution in [1.29, 1.82) is 0 Å². The van der Waals surface area contributed by atoms with Gasteiger partial charge >= 0.3 is 27.3 Å². The molecule has 0 radical (unpaired) electrons. The molecule has 0 aromatic rings. The normalized spacial score (nSPS) is 12.7. The van der Waals surface area contributed by atoms with Crippen LogP contribution in [-0.2, 0) is 24.4 Å². The molecule has 0 aliphatic carbocycles. The summed E-state index contributed by atoms with van der Waals surface area (Å²) in [7, 11) is -5.68. The lowest BCUT2D eigenvalue weighted by Crippen LogP contribution is -2.34. The number of carbonyl (C=O) groups is 2. The zero-order valence-electron chi connectivity index (χ0n) is 7.46. The fourth-order valence-electron chi connectivity index (χ4n) is 0.417. The SMILES string of the molecule is O=C(O)/C=C\C(=O)OCC(F)(F)S(=O)(=O)O. The number of hydrogen-bond donors (Lipinski definition) is 2. The van der Waals surface area contributed by atoms with E-state index in [0.717, 1.165) is 0 Å². The van der Waals surface area contributed by atoms with Gasteiger partial charge in [0.15, 0.2) is 6.61 Å². The zero-order valence-corrected chi connectivity index (χ0v) is 8.28. The first-order valence-electron chi connectivity index (χ1n) is 3.49. The Hall–Kier alpha value is -1.55. The summed E-state index contributed by atoms with van der Waals surface area (Å²) in [5, 5.41) is 3.40. The Morgan fingerprint density at radius 3 is 2.19 bits per heavy atom. The van der Waals surface area contributed by atoms with Crippen LogP contribution in [0.4, 0.5) is 8.78 Å². The second kappa shape index (κ2) is 4.99. The Morgan fingerprint density at radius 1 is 1.31 bits per heavy atom. The van der Waals surface area contributed by atoms with Gasteiger partial charge in [0.05, 0.1) is 0 Å². The highest BCUT2D eigenvalue weighted by Gasteiger charge is 2.45. The Labute approximate surface area is 88.1 Å². The highest BCUT2D eigenvalue weighted by atomic mass is 32.2. The fraction of sp³-hybridized carbons (Fsp3) is 0.333. The summed E-state index contributed by atoms with van der Waals surface area (Å²) in [5.74, 6) is -3.00. The van der Waals surface area contributed by atoms with Crippen molar-refractivity contribution in [3.63, 3.8) is 0 Å². The van der Waals surface area contributed by atoms with Gasteiger partial charge in [0.25, 0.3) is 0 Å². The molecule has 0 rings (SSSR count). The van der Waals surface area contributed by atoms with E-state index in [0.29, 0.717) is 12.2 Å². The Kier molecular flexibility index (Phi) is 4.50. The largest absolute Gasteiger partial charge is 0.478 e. The van der Waals surface area contributed by atoms with Crippen molar-refractivity contribution < 1.29 is 41.2 Å². The van der Waals surface area contributed by atoms with E-state index < -0.39 is 33.9 Å². The zero-order chi connectivity index (χ0) is 13.0. The number of alkyl halides is 2. The Balaban J connectivity index is 4.38. The molecule has 2 N–H and O–H groups in total. The molecule has 0 saturated carbocycles. The lowest BCUT2D eigenvalue weighted by atomic mass is 10.5. The van der Waals surface area contributed by atoms with Crippen molar-refractivity contribution in [3.05, 3.63) is 12.2 Å². The lowest BCUT2D eigenvalue weighted by Gasteiger charge is -2.11. The third-order valence-corrected chi connectivity index (χ3v) is 1.99. The van der Waals surface area contributed by atoms with Gasteiger partial charge in [-0.25, -0.2) is 9.59 Å². The molecule has 0 amide bonds. The second-order valence-corrected chi connectivity index (χ2v) is 3.94. The van der Waals surface area contributed by atoms with E-state index in [2.05, 4.69) is 4.74 Å². The van der Waals surface area contributed by atoms with Crippen molar-refractivity contribution in [2.24, 2.45) is 0 Å². The molecule has 0 atom stereocenters. The number of esters is 1. The predicted molar refractivity (Wildman–Crippen MR) is 44.2 cm³/mol. The van der Waals surface area contributed by atoms with Crippen LogP contribution in [0.5, 0.6) is 0 Å². The van der Waals surface area contributed by atoms with E-state index in [-0.39, 0.29) is 0 Å². The summed E-state index contributed by atoms with van der Waals surface area (Å²) in [6, 6.07) is 0. The van der Waals surface area contributed by atoms with Gasteiger partial charge in [-0.15, -0.1) is 0 Å². The van der Waals surface area contributed by atoms with Gasteiger partial charge < -0.3 is 9.84 Å². The van der Waals surface area contributed by atoms with Crippen molar-refractivity contribution >= 4 is 22.1 Å². The van der Waals surface area contributed by atoms with Gasteiger partial charge in [-0.1, -0.05) is 0 Å². The van der Waals surface area contributed by atoms with E-state index >= 15 is 0 Å². The molecule has 0 aromatic carbocycles. The number of carboxylic acids is 1. The molecule has 7 nitrogen and oxygen atoms in total. The smallest absolute Gasteiger partial charge is 0.402 e. The van der Waals surface area contributed by atoms with Gasteiger partial charge in [-0.2, -0.15) is 17.2 Å². The number of hydrogen-bond acceptors (Lipinski definition) is 5. The van der Waals surface area contributed by atoms with Crippen molar-refractivity contribution in [1.82, 2.24) is 0 Å². The van der Waals surface area contributed by atoms with Crippen molar-refractivity contribution in [2.75, 3.05) is 6.61 Å². The van der Waals surface area contributed by atoms with Crippen LogP contribution in [0.25, 0.3) is 0 Å². The van der Waals surface area contributed by atoms with Gasteiger partial charge in [0.1, 0.15) is 0 Å². The molecule has 0 saturated heterocycles. The van der Waals surface area contributed by atoms with E-state index in [1.54, 1.807) is 0 Å². The van der Waals surface area contributed by atoms with E-state index in [1.165, 1.54) is 0 Å². The standard InChI is InChI=1S/C6H6F2O7S/c7-6(8,16(12,13)14)3-15-5(11)2-1-4(9)10/h1-2H,3H2,(H,9,10)(H,12,13,14)/b2-1-. The van der Waals surface area contributed by atoms with Crippen LogP contribution < -0.4 is 0 Å². The first kappa shape index (κ1) is 14.5. The molecule has 0 bridgehead atoms. The maximum Gasteiger partial charge on any atom is 0.402 e. The second-order valence-electron chi connectivity index (χ2n) is 2.39. The van der Waals surface area contributed by atoms with Crippen LogP contribution in [0.15, 0.2) is 12.2 Å². The molecule has 0 aliphatic heterocycles. The first-order valence-corrected chi connectivity index (χ1v) is 4.93. The molecular weight excluding hydrogens is 254 g/mol. The Morgan fingerprint density at radius 2 is 1.81 bits per heavy atom. The summed E-state index contributed by atoms with van der Waals surface area (Å²) >= 11 is 0. The van der Waals surface area contributed by atoms with Gasteiger partial charge in [-0.05, 0) is 0 Å². The number of ether oxygens (including phenoxy) is 1. The van der Waals surface area contributed by atoms with Crippen LogP contribution >= 0.6 is 0 Å². The van der Waals surface area contributed by atoms with Crippen LogP contribution in [-0.4, -0.2) is 41.9 Å². The van der Waals surface area contributed by atoms with E-state index in [1.807, 2.05) is 0 Å².